The number of hydrogen-bond acceptors (Lipinski definition) is 4. The Hall–Kier alpha value is -1.90. The molecule has 2 rings (SSSR count). The maximum absolute atomic E-state index is 11.6. The number of thiophene rings is 1. The fourth-order valence-corrected chi connectivity index (χ4v) is 3.34. The molecule has 0 saturated carbocycles. The lowest BCUT2D eigenvalue weighted by atomic mass is 10.2. The molecule has 21 heavy (non-hydrogen) atoms. The average molecular weight is 362 g/mol. The second kappa shape index (κ2) is 7.21. The van der Waals surface area contributed by atoms with Gasteiger partial charge in [0, 0.05) is 19.8 Å². The van der Waals surface area contributed by atoms with E-state index in [2.05, 4.69) is 15.9 Å². The number of carbonyl (C=O) groups excluding carboxylic acids is 1. The van der Waals surface area contributed by atoms with Gasteiger partial charge >= 0.3 is 5.97 Å². The van der Waals surface area contributed by atoms with Gasteiger partial charge in [0.25, 0.3) is 0 Å². The van der Waals surface area contributed by atoms with Crippen LogP contribution in [0.3, 0.4) is 0 Å². The molecule has 0 spiro atoms. The van der Waals surface area contributed by atoms with Crippen molar-refractivity contribution in [3.63, 3.8) is 0 Å². The van der Waals surface area contributed by atoms with E-state index in [9.17, 15) is 4.79 Å². The van der Waals surface area contributed by atoms with E-state index in [0.29, 0.717) is 0 Å². The first-order chi connectivity index (χ1) is 10.2. The molecule has 1 aromatic heterocycles. The first kappa shape index (κ1) is 15.5. The Morgan fingerprint density at radius 1 is 1.38 bits per heavy atom. The van der Waals surface area contributed by atoms with E-state index in [4.69, 9.17) is 10.00 Å². The molecule has 0 amide bonds. The summed E-state index contributed by atoms with van der Waals surface area (Å²) in [5.74, 6) is -0.587. The Labute approximate surface area is 135 Å². The third-order valence-corrected chi connectivity index (χ3v) is 4.43. The SMILES string of the molecule is CCOC(=O)/C(C#N)=C/c1ccc(-c2ccccc2Br)s1. The highest BCUT2D eigenvalue weighted by Crippen LogP contribution is 2.34. The Kier molecular flexibility index (Phi) is 5.32. The van der Waals surface area contributed by atoms with E-state index < -0.39 is 5.97 Å². The molecule has 0 radical (unpaired) electrons. The maximum atomic E-state index is 11.6. The molecule has 0 aliphatic heterocycles. The number of nitriles is 1. The van der Waals surface area contributed by atoms with Crippen LogP contribution in [0.2, 0.25) is 0 Å². The highest BCUT2D eigenvalue weighted by Gasteiger charge is 2.11. The zero-order valence-electron chi connectivity index (χ0n) is 11.3. The Balaban J connectivity index is 2.30. The van der Waals surface area contributed by atoms with Gasteiger partial charge in [0.15, 0.2) is 0 Å². The fraction of sp³-hybridized carbons (Fsp3) is 0.125. The van der Waals surface area contributed by atoms with Gasteiger partial charge in [-0.1, -0.05) is 34.1 Å². The lowest BCUT2D eigenvalue weighted by Crippen LogP contribution is -2.05. The quantitative estimate of drug-likeness (QED) is 0.452. The van der Waals surface area contributed by atoms with Gasteiger partial charge in [0.05, 0.1) is 6.61 Å². The van der Waals surface area contributed by atoms with Gasteiger partial charge in [-0.05, 0) is 31.2 Å². The van der Waals surface area contributed by atoms with Crippen molar-refractivity contribution in [3.8, 4) is 16.5 Å². The minimum Gasteiger partial charge on any atom is -0.462 e. The summed E-state index contributed by atoms with van der Waals surface area (Å²) < 4.78 is 5.85. The number of hydrogen-bond donors (Lipinski definition) is 0. The molecule has 1 heterocycles. The molecule has 106 valence electrons. The Morgan fingerprint density at radius 3 is 2.81 bits per heavy atom. The number of ether oxygens (including phenoxy) is 1. The summed E-state index contributed by atoms with van der Waals surface area (Å²) in [5, 5.41) is 9.03. The summed E-state index contributed by atoms with van der Waals surface area (Å²) in [7, 11) is 0. The van der Waals surface area contributed by atoms with E-state index in [0.717, 1.165) is 19.8 Å². The van der Waals surface area contributed by atoms with E-state index in [-0.39, 0.29) is 12.2 Å². The van der Waals surface area contributed by atoms with Crippen LogP contribution in [0.4, 0.5) is 0 Å². The summed E-state index contributed by atoms with van der Waals surface area (Å²) in [6.45, 7) is 1.97. The van der Waals surface area contributed by atoms with Crippen LogP contribution in [0.1, 0.15) is 11.8 Å². The van der Waals surface area contributed by atoms with E-state index in [1.54, 1.807) is 13.0 Å². The first-order valence-corrected chi connectivity index (χ1v) is 7.90. The molecule has 0 aliphatic carbocycles. The number of esters is 1. The average Bonchev–Trinajstić information content (AvgIpc) is 2.93. The van der Waals surface area contributed by atoms with Crippen LogP contribution in [-0.2, 0) is 9.53 Å². The van der Waals surface area contributed by atoms with Gasteiger partial charge in [-0.2, -0.15) is 5.26 Å². The molecule has 0 unspecified atom stereocenters. The normalized spacial score (nSPS) is 11.0. The summed E-state index contributed by atoms with van der Waals surface area (Å²) in [5.41, 5.74) is 1.09. The second-order valence-electron chi connectivity index (χ2n) is 4.07. The predicted octanol–water partition coefficient (Wildman–Crippen LogP) is 4.65. The van der Waals surface area contributed by atoms with Gasteiger partial charge in [-0.3, -0.25) is 0 Å². The third-order valence-electron chi connectivity index (χ3n) is 2.67. The molecule has 0 fully saturated rings. The standard InChI is InChI=1S/C16H12BrNO2S/c1-2-20-16(19)11(10-18)9-12-7-8-15(21-12)13-5-3-4-6-14(13)17/h3-9H,2H2,1H3/b11-9+. The van der Waals surface area contributed by atoms with E-state index >= 15 is 0 Å². The molecular weight excluding hydrogens is 350 g/mol. The van der Waals surface area contributed by atoms with Crippen molar-refractivity contribution in [3.05, 3.63) is 51.3 Å². The number of rotatable bonds is 4. The third kappa shape index (κ3) is 3.81. The first-order valence-electron chi connectivity index (χ1n) is 6.29. The lowest BCUT2D eigenvalue weighted by molar-refractivity contribution is -0.137. The molecule has 3 nitrogen and oxygen atoms in total. The van der Waals surface area contributed by atoms with Crippen LogP contribution in [0.5, 0.6) is 0 Å². The van der Waals surface area contributed by atoms with Crippen molar-refractivity contribution in [2.45, 2.75) is 6.92 Å². The molecule has 1 aromatic carbocycles. The highest BCUT2D eigenvalue weighted by atomic mass is 79.9. The Bertz CT molecular complexity index is 728. The topological polar surface area (TPSA) is 50.1 Å². The van der Waals surface area contributed by atoms with Crippen LogP contribution in [0, 0.1) is 11.3 Å². The van der Waals surface area contributed by atoms with Crippen molar-refractivity contribution in [1.29, 1.82) is 5.26 Å². The molecule has 0 saturated heterocycles. The highest BCUT2D eigenvalue weighted by molar-refractivity contribution is 9.10. The summed E-state index contributed by atoms with van der Waals surface area (Å²) in [4.78, 5) is 13.5. The summed E-state index contributed by atoms with van der Waals surface area (Å²) in [6, 6.07) is 13.6. The van der Waals surface area contributed by atoms with Crippen LogP contribution in [0.15, 0.2) is 46.4 Å². The van der Waals surface area contributed by atoms with Crippen molar-refractivity contribution >= 4 is 39.3 Å². The van der Waals surface area contributed by atoms with Crippen molar-refractivity contribution in [1.82, 2.24) is 0 Å². The number of nitrogens with zero attached hydrogens (tertiary/aromatic N) is 1. The van der Waals surface area contributed by atoms with Crippen LogP contribution in [0.25, 0.3) is 16.5 Å². The van der Waals surface area contributed by atoms with Crippen LogP contribution < -0.4 is 0 Å². The monoisotopic (exact) mass is 361 g/mol. The van der Waals surface area contributed by atoms with Crippen molar-refractivity contribution < 1.29 is 9.53 Å². The smallest absolute Gasteiger partial charge is 0.348 e. The molecular formula is C16H12BrNO2S. The lowest BCUT2D eigenvalue weighted by Gasteiger charge is -2.00. The number of carbonyl (C=O) groups is 1. The fourth-order valence-electron chi connectivity index (χ4n) is 1.72. The minimum atomic E-state index is -0.587. The zero-order valence-corrected chi connectivity index (χ0v) is 13.7. The maximum Gasteiger partial charge on any atom is 0.348 e. The van der Waals surface area contributed by atoms with E-state index in [1.165, 1.54) is 11.3 Å². The molecule has 0 bridgehead atoms. The Morgan fingerprint density at radius 2 is 2.14 bits per heavy atom. The molecule has 5 heteroatoms. The minimum absolute atomic E-state index is 0.0115. The van der Waals surface area contributed by atoms with Gasteiger partial charge in [0.2, 0.25) is 0 Å². The largest absolute Gasteiger partial charge is 0.462 e. The number of benzene rings is 1. The van der Waals surface area contributed by atoms with E-state index in [1.807, 2.05) is 42.5 Å². The van der Waals surface area contributed by atoms with Crippen molar-refractivity contribution in [2.24, 2.45) is 0 Å². The van der Waals surface area contributed by atoms with Gasteiger partial charge in [0.1, 0.15) is 11.6 Å². The zero-order chi connectivity index (χ0) is 15.2. The molecule has 0 N–H and O–H groups in total. The van der Waals surface area contributed by atoms with Crippen LogP contribution in [-0.4, -0.2) is 12.6 Å². The van der Waals surface area contributed by atoms with Gasteiger partial charge in [-0.15, -0.1) is 11.3 Å². The van der Waals surface area contributed by atoms with Crippen LogP contribution >= 0.6 is 27.3 Å². The van der Waals surface area contributed by atoms with Crippen molar-refractivity contribution in [2.75, 3.05) is 6.61 Å². The molecule has 2 aromatic rings. The molecule has 0 atom stereocenters. The summed E-state index contributed by atoms with van der Waals surface area (Å²) >= 11 is 5.03. The predicted molar refractivity (Wildman–Crippen MR) is 87.7 cm³/mol. The second-order valence-corrected chi connectivity index (χ2v) is 6.04. The summed E-state index contributed by atoms with van der Waals surface area (Å²) in [6.07, 6.45) is 1.56. The van der Waals surface area contributed by atoms with Gasteiger partial charge < -0.3 is 4.74 Å². The van der Waals surface area contributed by atoms with Gasteiger partial charge in [-0.25, -0.2) is 4.79 Å². The molecule has 0 aliphatic rings. The number of halogens is 1.